The number of nitrogens with zero attached hydrogens (tertiary/aromatic N) is 3. The summed E-state index contributed by atoms with van der Waals surface area (Å²) in [7, 11) is 0. The Balaban J connectivity index is 0.00000101. The lowest BCUT2D eigenvalue weighted by atomic mass is 10.0. The number of benzene rings is 5. The molecule has 246 valence electrons. The molecule has 1 N–H and O–H groups in total. The molecule has 0 radical (unpaired) electrons. The van der Waals surface area contributed by atoms with Gasteiger partial charge in [0.2, 0.25) is 0 Å². The second kappa shape index (κ2) is 23.3. The lowest BCUT2D eigenvalue weighted by Gasteiger charge is -2.10. The van der Waals surface area contributed by atoms with Crippen LogP contribution in [0.2, 0.25) is 0 Å². The Kier molecular flexibility index (Phi) is 19.8. The van der Waals surface area contributed by atoms with Crippen molar-refractivity contribution in [1.82, 2.24) is 15.0 Å². The molecule has 0 bridgehead atoms. The minimum atomic E-state index is 0.129. The van der Waals surface area contributed by atoms with Gasteiger partial charge < -0.3 is 5.11 Å². The summed E-state index contributed by atoms with van der Waals surface area (Å²) in [6, 6.07) is 44.0. The Morgan fingerprint density at radius 3 is 0.936 bits per heavy atom. The normalized spacial score (nSPS) is 9.15. The number of phenolic OH excluding ortho intramolecular Hbond substituents is 1. The maximum Gasteiger partial charge on any atom is 0.167 e. The van der Waals surface area contributed by atoms with Gasteiger partial charge in [0.05, 0.1) is 5.56 Å². The maximum atomic E-state index is 10.5. The number of hydrogen-bond donors (Lipinski definition) is 1. The first-order chi connectivity index (χ1) is 23.2. The molecule has 1 aromatic heterocycles. The zero-order chi connectivity index (χ0) is 35.0. The van der Waals surface area contributed by atoms with Gasteiger partial charge in [-0.15, -0.1) is 0 Å². The first-order valence-electron chi connectivity index (χ1n) is 17.1. The van der Waals surface area contributed by atoms with E-state index in [1.807, 2.05) is 142 Å². The SMILES string of the molecule is CC.CC.CC.CC.CC.Oc1ccccc1-c1nc(-c2ccc(-c3ccccc3)cc2)nc(-c2ccc(-c3ccccc3)cc2)n1. The average molecular weight is 628 g/mol. The van der Waals surface area contributed by atoms with E-state index in [9.17, 15) is 5.11 Å². The third-order valence-electron chi connectivity index (χ3n) is 6.28. The molecule has 6 aromatic rings. The van der Waals surface area contributed by atoms with Crippen LogP contribution in [0.25, 0.3) is 56.4 Å². The molecule has 0 amide bonds. The van der Waals surface area contributed by atoms with Gasteiger partial charge in [0.1, 0.15) is 5.75 Å². The Morgan fingerprint density at radius 2 is 0.574 bits per heavy atom. The van der Waals surface area contributed by atoms with E-state index in [1.54, 1.807) is 12.1 Å². The van der Waals surface area contributed by atoms with Gasteiger partial charge in [0.25, 0.3) is 0 Å². The van der Waals surface area contributed by atoms with E-state index >= 15 is 0 Å². The molecule has 4 heteroatoms. The highest BCUT2D eigenvalue weighted by atomic mass is 16.3. The second-order valence-electron chi connectivity index (χ2n) is 8.71. The topological polar surface area (TPSA) is 58.9 Å². The monoisotopic (exact) mass is 627 g/mol. The Morgan fingerprint density at radius 1 is 0.298 bits per heavy atom. The summed E-state index contributed by atoms with van der Waals surface area (Å²) in [6.07, 6.45) is 0. The van der Waals surface area contributed by atoms with Crippen molar-refractivity contribution in [3.8, 4) is 62.2 Å². The average Bonchev–Trinajstić information content (AvgIpc) is 3.19. The predicted molar refractivity (Wildman–Crippen MR) is 205 cm³/mol. The van der Waals surface area contributed by atoms with Crippen LogP contribution in [-0.2, 0) is 0 Å². The Hall–Kier alpha value is -5.09. The van der Waals surface area contributed by atoms with Gasteiger partial charge in [-0.2, -0.15) is 0 Å². The summed E-state index contributed by atoms with van der Waals surface area (Å²) in [5, 5.41) is 10.5. The summed E-state index contributed by atoms with van der Waals surface area (Å²) in [6.45, 7) is 20.0. The molecule has 4 nitrogen and oxygen atoms in total. The molecule has 0 saturated heterocycles. The number of hydrogen-bond acceptors (Lipinski definition) is 4. The minimum absolute atomic E-state index is 0.129. The lowest BCUT2D eigenvalue weighted by molar-refractivity contribution is 0.477. The molecule has 0 aliphatic rings. The second-order valence-corrected chi connectivity index (χ2v) is 8.71. The Labute approximate surface area is 284 Å². The lowest BCUT2D eigenvalue weighted by Crippen LogP contribution is -2.00. The fraction of sp³-hybridized carbons (Fsp3) is 0.233. The van der Waals surface area contributed by atoms with Crippen molar-refractivity contribution in [2.45, 2.75) is 69.2 Å². The highest BCUT2D eigenvalue weighted by Crippen LogP contribution is 2.31. The molecule has 5 aromatic carbocycles. The van der Waals surface area contributed by atoms with Gasteiger partial charge in [-0.25, -0.2) is 15.0 Å². The van der Waals surface area contributed by atoms with Crippen LogP contribution in [0.15, 0.2) is 133 Å². The molecule has 0 saturated carbocycles. The first-order valence-corrected chi connectivity index (χ1v) is 17.1. The molecule has 0 aliphatic carbocycles. The number of aromatic hydroxyl groups is 1. The van der Waals surface area contributed by atoms with Crippen molar-refractivity contribution in [2.24, 2.45) is 0 Å². The molecule has 0 atom stereocenters. The van der Waals surface area contributed by atoms with E-state index in [0.29, 0.717) is 23.0 Å². The molecule has 0 spiro atoms. The van der Waals surface area contributed by atoms with E-state index in [1.165, 1.54) is 0 Å². The van der Waals surface area contributed by atoms with Gasteiger partial charge in [-0.05, 0) is 34.4 Å². The summed E-state index contributed by atoms with van der Waals surface area (Å²) in [4.78, 5) is 14.3. The standard InChI is InChI=1S/C33H23N3O.5C2H6/c37-30-14-8-7-13-29(30)33-35-31(27-19-15-25(16-20-27)23-9-3-1-4-10-23)34-32(36-33)28-21-17-26(18-22-28)24-11-5-2-6-12-24;5*1-2/h1-22,37H;5*1-2H3. The maximum absolute atomic E-state index is 10.5. The van der Waals surface area contributed by atoms with Crippen molar-refractivity contribution in [1.29, 1.82) is 0 Å². The van der Waals surface area contributed by atoms with Gasteiger partial charge in [0.15, 0.2) is 17.5 Å². The number of rotatable bonds is 5. The van der Waals surface area contributed by atoms with E-state index in [4.69, 9.17) is 15.0 Å². The van der Waals surface area contributed by atoms with E-state index < -0.39 is 0 Å². The predicted octanol–water partition coefficient (Wildman–Crippen LogP) is 13.0. The molecular formula is C43H53N3O. The van der Waals surface area contributed by atoms with Gasteiger partial charge in [0, 0.05) is 11.1 Å². The fourth-order valence-electron chi connectivity index (χ4n) is 4.30. The highest BCUT2D eigenvalue weighted by molar-refractivity contribution is 5.73. The van der Waals surface area contributed by atoms with Crippen LogP contribution in [0.3, 0.4) is 0 Å². The fourth-order valence-corrected chi connectivity index (χ4v) is 4.30. The van der Waals surface area contributed by atoms with Crippen molar-refractivity contribution in [3.63, 3.8) is 0 Å². The first kappa shape index (κ1) is 39.9. The summed E-state index contributed by atoms with van der Waals surface area (Å²) in [5.74, 6) is 1.66. The Bertz CT molecular complexity index is 1550. The van der Waals surface area contributed by atoms with Gasteiger partial charge >= 0.3 is 0 Å². The third-order valence-corrected chi connectivity index (χ3v) is 6.28. The highest BCUT2D eigenvalue weighted by Gasteiger charge is 2.14. The molecular weight excluding hydrogens is 574 g/mol. The van der Waals surface area contributed by atoms with Crippen LogP contribution < -0.4 is 0 Å². The van der Waals surface area contributed by atoms with Crippen LogP contribution in [0.1, 0.15) is 69.2 Å². The largest absolute Gasteiger partial charge is 0.507 e. The van der Waals surface area contributed by atoms with Crippen LogP contribution in [0.4, 0.5) is 0 Å². The third kappa shape index (κ3) is 11.3. The number of phenols is 1. The number of aromatic nitrogens is 3. The molecule has 47 heavy (non-hydrogen) atoms. The molecule has 6 rings (SSSR count). The van der Waals surface area contributed by atoms with Crippen molar-refractivity contribution in [2.75, 3.05) is 0 Å². The summed E-state index contributed by atoms with van der Waals surface area (Å²) >= 11 is 0. The van der Waals surface area contributed by atoms with Gasteiger partial charge in [-0.1, -0.05) is 191 Å². The smallest absolute Gasteiger partial charge is 0.167 e. The van der Waals surface area contributed by atoms with Crippen LogP contribution in [0, 0.1) is 0 Å². The zero-order valence-corrected chi connectivity index (χ0v) is 30.0. The minimum Gasteiger partial charge on any atom is -0.507 e. The molecule has 1 heterocycles. The summed E-state index contributed by atoms with van der Waals surface area (Å²) < 4.78 is 0. The zero-order valence-electron chi connectivity index (χ0n) is 30.0. The van der Waals surface area contributed by atoms with Crippen molar-refractivity contribution in [3.05, 3.63) is 133 Å². The van der Waals surface area contributed by atoms with Crippen LogP contribution in [-0.4, -0.2) is 20.1 Å². The molecule has 0 unspecified atom stereocenters. The summed E-state index contributed by atoms with van der Waals surface area (Å²) in [5.41, 5.74) is 6.86. The van der Waals surface area contributed by atoms with E-state index in [-0.39, 0.29) is 5.75 Å². The van der Waals surface area contributed by atoms with Crippen LogP contribution in [0.5, 0.6) is 5.75 Å². The van der Waals surface area contributed by atoms with Crippen LogP contribution >= 0.6 is 0 Å². The van der Waals surface area contributed by atoms with E-state index in [0.717, 1.165) is 33.4 Å². The molecule has 0 aliphatic heterocycles. The van der Waals surface area contributed by atoms with Crippen molar-refractivity contribution < 1.29 is 5.11 Å². The van der Waals surface area contributed by atoms with Gasteiger partial charge in [-0.3, -0.25) is 0 Å². The van der Waals surface area contributed by atoms with E-state index in [2.05, 4.69) is 48.5 Å². The quantitative estimate of drug-likeness (QED) is 0.207. The number of para-hydroxylation sites is 1. The van der Waals surface area contributed by atoms with Crippen molar-refractivity contribution >= 4 is 0 Å². The molecule has 0 fully saturated rings.